The highest BCUT2D eigenvalue weighted by molar-refractivity contribution is 6.01. The summed E-state index contributed by atoms with van der Waals surface area (Å²) in [6.45, 7) is 0.681. The maximum absolute atomic E-state index is 12.0. The SMILES string of the molecule is CN(C)CC(O)OCc1ccc2c(c1)-c1n[nH]c(=O)c3cccc(c13)O2. The van der Waals surface area contributed by atoms with Crippen LogP contribution in [0.5, 0.6) is 11.5 Å². The summed E-state index contributed by atoms with van der Waals surface area (Å²) < 4.78 is 11.4. The van der Waals surface area contributed by atoms with E-state index in [0.717, 1.165) is 11.1 Å². The molecule has 0 saturated carbocycles. The smallest absolute Gasteiger partial charge is 0.272 e. The first-order chi connectivity index (χ1) is 12.5. The minimum atomic E-state index is -0.865. The summed E-state index contributed by atoms with van der Waals surface area (Å²) in [5, 5.41) is 17.9. The summed E-state index contributed by atoms with van der Waals surface area (Å²) in [6, 6.07) is 11.0. The molecule has 0 spiro atoms. The monoisotopic (exact) mass is 353 g/mol. The number of benzene rings is 2. The Morgan fingerprint density at radius 1 is 1.27 bits per heavy atom. The van der Waals surface area contributed by atoms with Crippen LogP contribution in [0.2, 0.25) is 0 Å². The van der Waals surface area contributed by atoms with Gasteiger partial charge in [0.25, 0.3) is 5.56 Å². The average Bonchev–Trinajstić information content (AvgIpc) is 2.62. The summed E-state index contributed by atoms with van der Waals surface area (Å²) in [6.07, 6.45) is -0.865. The minimum absolute atomic E-state index is 0.246. The molecule has 0 fully saturated rings. The van der Waals surface area contributed by atoms with Crippen molar-refractivity contribution in [3.05, 3.63) is 52.3 Å². The Balaban J connectivity index is 1.70. The Bertz CT molecular complexity index is 1030. The summed E-state index contributed by atoms with van der Waals surface area (Å²) >= 11 is 0. The zero-order chi connectivity index (χ0) is 18.3. The molecule has 0 bridgehead atoms. The molecule has 4 rings (SSSR count). The number of ether oxygens (including phenoxy) is 2. The first kappa shape index (κ1) is 16.7. The van der Waals surface area contributed by atoms with Gasteiger partial charge in [-0.1, -0.05) is 12.1 Å². The van der Waals surface area contributed by atoms with Gasteiger partial charge in [0.1, 0.15) is 17.2 Å². The Kier molecular flexibility index (Phi) is 4.20. The van der Waals surface area contributed by atoms with E-state index in [1.54, 1.807) is 12.1 Å². The van der Waals surface area contributed by atoms with Crippen molar-refractivity contribution in [2.75, 3.05) is 20.6 Å². The number of likely N-dealkylation sites (N-methyl/N-ethyl adjacent to an activating group) is 1. The predicted molar refractivity (Wildman–Crippen MR) is 97.2 cm³/mol. The van der Waals surface area contributed by atoms with E-state index >= 15 is 0 Å². The van der Waals surface area contributed by atoms with Gasteiger partial charge in [0, 0.05) is 12.1 Å². The Morgan fingerprint density at radius 2 is 2.12 bits per heavy atom. The molecule has 26 heavy (non-hydrogen) atoms. The molecule has 1 aliphatic rings. The minimum Gasteiger partial charge on any atom is -0.456 e. The number of aromatic nitrogens is 2. The number of nitrogens with zero attached hydrogens (tertiary/aromatic N) is 2. The molecule has 0 aliphatic carbocycles. The van der Waals surface area contributed by atoms with Crippen LogP contribution in [0.4, 0.5) is 0 Å². The highest BCUT2D eigenvalue weighted by atomic mass is 16.6. The largest absolute Gasteiger partial charge is 0.456 e. The molecule has 7 nitrogen and oxygen atoms in total. The standard InChI is InChI=1S/C19H19N3O4/c1-22(2)9-16(23)25-10-11-6-7-14-13(8-11)18-17-12(19(24)21-20-18)4-3-5-15(17)26-14/h3-8,16,23H,9-10H2,1-2H3,(H,21,24). The van der Waals surface area contributed by atoms with Crippen molar-refractivity contribution in [3.8, 4) is 22.8 Å². The molecule has 1 aromatic heterocycles. The normalized spacial score (nSPS) is 13.5. The van der Waals surface area contributed by atoms with E-state index in [1.807, 2.05) is 43.3 Å². The summed E-state index contributed by atoms with van der Waals surface area (Å²) in [5.41, 5.74) is 2.09. The van der Waals surface area contributed by atoms with E-state index in [-0.39, 0.29) is 12.2 Å². The average molecular weight is 353 g/mol. The first-order valence-electron chi connectivity index (χ1n) is 8.30. The fourth-order valence-corrected chi connectivity index (χ4v) is 3.08. The predicted octanol–water partition coefficient (Wildman–Crippen LogP) is 2.09. The molecule has 1 aliphatic heterocycles. The van der Waals surface area contributed by atoms with Crippen molar-refractivity contribution in [3.63, 3.8) is 0 Å². The summed E-state index contributed by atoms with van der Waals surface area (Å²) in [4.78, 5) is 13.9. The number of rotatable bonds is 5. The van der Waals surface area contributed by atoms with Gasteiger partial charge in [-0.3, -0.25) is 4.79 Å². The van der Waals surface area contributed by atoms with Gasteiger partial charge >= 0.3 is 0 Å². The molecular formula is C19H19N3O4. The maximum Gasteiger partial charge on any atom is 0.272 e. The Labute approximate surface area is 149 Å². The summed E-state index contributed by atoms with van der Waals surface area (Å²) in [5.74, 6) is 1.29. The van der Waals surface area contributed by atoms with Crippen LogP contribution in [0.3, 0.4) is 0 Å². The van der Waals surface area contributed by atoms with Crippen LogP contribution in [0.1, 0.15) is 5.56 Å². The second-order valence-electron chi connectivity index (χ2n) is 6.54. The lowest BCUT2D eigenvalue weighted by atomic mass is 9.99. The lowest BCUT2D eigenvalue weighted by Gasteiger charge is -2.21. The molecule has 3 aromatic rings. The van der Waals surface area contributed by atoms with E-state index in [0.29, 0.717) is 34.5 Å². The van der Waals surface area contributed by atoms with E-state index in [4.69, 9.17) is 9.47 Å². The molecular weight excluding hydrogens is 334 g/mol. The fourth-order valence-electron chi connectivity index (χ4n) is 3.08. The first-order valence-corrected chi connectivity index (χ1v) is 8.30. The van der Waals surface area contributed by atoms with Gasteiger partial charge in [0.15, 0.2) is 6.29 Å². The van der Waals surface area contributed by atoms with Crippen LogP contribution in [-0.2, 0) is 11.3 Å². The molecule has 1 atom stereocenters. The van der Waals surface area contributed by atoms with E-state index in [2.05, 4.69) is 10.2 Å². The number of hydrogen-bond donors (Lipinski definition) is 2. The fraction of sp³-hybridized carbons (Fsp3) is 0.263. The van der Waals surface area contributed by atoms with Gasteiger partial charge in [-0.25, -0.2) is 5.10 Å². The third kappa shape index (κ3) is 2.96. The molecule has 2 heterocycles. The van der Waals surface area contributed by atoms with Crippen LogP contribution < -0.4 is 10.3 Å². The lowest BCUT2D eigenvalue weighted by molar-refractivity contribution is -0.116. The number of aromatic amines is 1. The van der Waals surface area contributed by atoms with Crippen LogP contribution in [0, 0.1) is 0 Å². The van der Waals surface area contributed by atoms with Crippen molar-refractivity contribution in [2.45, 2.75) is 12.9 Å². The number of H-pyrrole nitrogens is 1. The van der Waals surface area contributed by atoms with Crippen LogP contribution in [0.15, 0.2) is 41.2 Å². The quantitative estimate of drug-likeness (QED) is 0.534. The Morgan fingerprint density at radius 3 is 2.92 bits per heavy atom. The molecule has 2 N–H and O–H groups in total. The number of hydrogen-bond acceptors (Lipinski definition) is 6. The zero-order valence-corrected chi connectivity index (χ0v) is 14.5. The zero-order valence-electron chi connectivity index (χ0n) is 14.5. The van der Waals surface area contributed by atoms with Gasteiger partial charge < -0.3 is 19.5 Å². The summed E-state index contributed by atoms with van der Waals surface area (Å²) in [7, 11) is 3.74. The van der Waals surface area contributed by atoms with Crippen LogP contribution in [0.25, 0.3) is 22.0 Å². The molecule has 2 aromatic carbocycles. The van der Waals surface area contributed by atoms with Gasteiger partial charge in [0.2, 0.25) is 0 Å². The van der Waals surface area contributed by atoms with Crippen molar-refractivity contribution in [2.24, 2.45) is 0 Å². The lowest BCUT2D eigenvalue weighted by Crippen LogP contribution is -2.27. The number of aliphatic hydroxyl groups is 1. The van der Waals surface area contributed by atoms with Crippen LogP contribution in [-0.4, -0.2) is 47.1 Å². The third-order valence-corrected chi connectivity index (χ3v) is 4.26. The van der Waals surface area contributed by atoms with Gasteiger partial charge in [-0.05, 0) is 43.9 Å². The van der Waals surface area contributed by atoms with Gasteiger partial charge in [0.05, 0.1) is 17.4 Å². The van der Waals surface area contributed by atoms with E-state index in [9.17, 15) is 9.90 Å². The topological polar surface area (TPSA) is 87.7 Å². The third-order valence-electron chi connectivity index (χ3n) is 4.26. The maximum atomic E-state index is 12.0. The van der Waals surface area contributed by atoms with Crippen molar-refractivity contribution < 1.29 is 14.6 Å². The highest BCUT2D eigenvalue weighted by Crippen LogP contribution is 2.44. The van der Waals surface area contributed by atoms with Crippen molar-refractivity contribution in [1.82, 2.24) is 15.1 Å². The molecule has 0 amide bonds. The van der Waals surface area contributed by atoms with Gasteiger partial charge in [-0.2, -0.15) is 5.10 Å². The molecule has 134 valence electrons. The highest BCUT2D eigenvalue weighted by Gasteiger charge is 2.23. The number of fused-ring (bicyclic) bond motifs is 2. The molecule has 0 radical (unpaired) electrons. The molecule has 0 saturated heterocycles. The molecule has 1 unspecified atom stereocenters. The number of nitrogens with one attached hydrogen (secondary N) is 1. The second-order valence-corrected chi connectivity index (χ2v) is 6.54. The van der Waals surface area contributed by atoms with Crippen molar-refractivity contribution >= 4 is 10.8 Å². The second kappa shape index (κ2) is 6.53. The molecule has 7 heteroatoms. The van der Waals surface area contributed by atoms with E-state index < -0.39 is 6.29 Å². The van der Waals surface area contributed by atoms with Crippen LogP contribution >= 0.6 is 0 Å². The Hall–Kier alpha value is -2.74. The van der Waals surface area contributed by atoms with Crippen molar-refractivity contribution in [1.29, 1.82) is 0 Å². The van der Waals surface area contributed by atoms with E-state index in [1.165, 1.54) is 0 Å². The van der Waals surface area contributed by atoms with Gasteiger partial charge in [-0.15, -0.1) is 0 Å². The number of aliphatic hydroxyl groups excluding tert-OH is 1.